The van der Waals surface area contributed by atoms with Crippen molar-refractivity contribution in [3.05, 3.63) is 70.6 Å². The summed E-state index contributed by atoms with van der Waals surface area (Å²) >= 11 is 6.04. The van der Waals surface area contributed by atoms with E-state index < -0.39 is 42.0 Å². The van der Waals surface area contributed by atoms with Gasteiger partial charge in [0.05, 0.1) is 6.54 Å². The zero-order valence-corrected chi connectivity index (χ0v) is 18.6. The third-order valence-corrected chi connectivity index (χ3v) is 5.89. The number of aliphatic hydroxyl groups is 1. The van der Waals surface area contributed by atoms with Gasteiger partial charge in [-0.05, 0) is 50.2 Å². The van der Waals surface area contributed by atoms with Gasteiger partial charge in [-0.3, -0.25) is 4.79 Å². The molecule has 5 rings (SSSR count). The van der Waals surface area contributed by atoms with Crippen LogP contribution >= 0.6 is 11.6 Å². The number of hydrogen-bond donors (Lipinski definition) is 1. The number of rotatable bonds is 5. The van der Waals surface area contributed by atoms with E-state index in [4.69, 9.17) is 25.8 Å². The maximum absolute atomic E-state index is 13.3. The maximum atomic E-state index is 13.3. The van der Waals surface area contributed by atoms with Crippen LogP contribution in [0.4, 0.5) is 4.39 Å². The SMILES string of the molecule is CC1(C)O[C@H]2O[C@H](Cn3nnc(C(=O)c4ccc(F)cc4)c3-c3ccc(Cl)cc3)[C@H](O)[C@H]2O1. The first-order valence-electron chi connectivity index (χ1n) is 10.4. The molecule has 0 spiro atoms. The van der Waals surface area contributed by atoms with Crippen molar-refractivity contribution in [2.24, 2.45) is 0 Å². The van der Waals surface area contributed by atoms with Crippen LogP contribution in [0.1, 0.15) is 29.9 Å². The third kappa shape index (κ3) is 4.18. The molecule has 2 aliphatic heterocycles. The highest BCUT2D eigenvalue weighted by Gasteiger charge is 2.54. The number of hydrogen-bond acceptors (Lipinski definition) is 7. The zero-order chi connectivity index (χ0) is 23.3. The number of halogens is 2. The summed E-state index contributed by atoms with van der Waals surface area (Å²) in [7, 11) is 0. The first kappa shape index (κ1) is 22.1. The van der Waals surface area contributed by atoms with Crippen LogP contribution < -0.4 is 0 Å². The molecule has 33 heavy (non-hydrogen) atoms. The summed E-state index contributed by atoms with van der Waals surface area (Å²) in [5.74, 6) is -1.71. The minimum atomic E-state index is -0.963. The predicted octanol–water partition coefficient (Wildman–Crippen LogP) is 3.21. The van der Waals surface area contributed by atoms with E-state index in [0.717, 1.165) is 0 Å². The van der Waals surface area contributed by atoms with Gasteiger partial charge in [-0.1, -0.05) is 28.9 Å². The number of carbonyl (C=O) groups excluding carboxylic acids is 1. The molecule has 3 heterocycles. The summed E-state index contributed by atoms with van der Waals surface area (Å²) in [5.41, 5.74) is 1.44. The van der Waals surface area contributed by atoms with E-state index >= 15 is 0 Å². The summed E-state index contributed by atoms with van der Waals surface area (Å²) in [4.78, 5) is 13.2. The predicted molar refractivity (Wildman–Crippen MR) is 115 cm³/mol. The fourth-order valence-electron chi connectivity index (χ4n) is 4.10. The largest absolute Gasteiger partial charge is 0.387 e. The van der Waals surface area contributed by atoms with Gasteiger partial charge in [0, 0.05) is 16.1 Å². The average Bonchev–Trinajstić information content (AvgIpc) is 3.41. The number of ketones is 1. The highest BCUT2D eigenvalue weighted by atomic mass is 35.5. The number of ether oxygens (including phenoxy) is 3. The van der Waals surface area contributed by atoms with Crippen molar-refractivity contribution in [1.82, 2.24) is 15.0 Å². The van der Waals surface area contributed by atoms with E-state index in [-0.39, 0.29) is 17.8 Å². The van der Waals surface area contributed by atoms with Crippen LogP contribution in [0, 0.1) is 5.82 Å². The molecule has 10 heteroatoms. The molecule has 3 aromatic rings. The molecule has 0 radical (unpaired) electrons. The molecule has 0 unspecified atom stereocenters. The highest BCUT2D eigenvalue weighted by Crippen LogP contribution is 2.38. The summed E-state index contributed by atoms with van der Waals surface area (Å²) in [5, 5.41) is 19.6. The molecule has 0 amide bonds. The smallest absolute Gasteiger partial charge is 0.215 e. The Morgan fingerprint density at radius 2 is 1.85 bits per heavy atom. The third-order valence-electron chi connectivity index (χ3n) is 5.64. The highest BCUT2D eigenvalue weighted by molar-refractivity contribution is 6.30. The Morgan fingerprint density at radius 3 is 2.52 bits per heavy atom. The van der Waals surface area contributed by atoms with Gasteiger partial charge < -0.3 is 19.3 Å². The molecule has 2 fully saturated rings. The van der Waals surface area contributed by atoms with Crippen LogP contribution in [-0.2, 0) is 20.8 Å². The van der Waals surface area contributed by atoms with Gasteiger partial charge in [0.2, 0.25) is 5.78 Å². The Labute approximate surface area is 193 Å². The van der Waals surface area contributed by atoms with E-state index in [9.17, 15) is 14.3 Å². The van der Waals surface area contributed by atoms with Gasteiger partial charge >= 0.3 is 0 Å². The lowest BCUT2D eigenvalue weighted by Gasteiger charge is -2.23. The fraction of sp³-hybridized carbons (Fsp3) is 0.348. The lowest BCUT2D eigenvalue weighted by molar-refractivity contribution is -0.216. The van der Waals surface area contributed by atoms with E-state index in [1.165, 1.54) is 28.9 Å². The normalized spacial score (nSPS) is 25.8. The number of fused-ring (bicyclic) bond motifs is 1. The molecule has 0 aliphatic carbocycles. The maximum Gasteiger partial charge on any atom is 0.215 e. The molecule has 4 atom stereocenters. The summed E-state index contributed by atoms with van der Waals surface area (Å²) in [6.07, 6.45) is -3.00. The molecule has 1 aromatic heterocycles. The lowest BCUT2D eigenvalue weighted by atomic mass is 10.0. The Bertz CT molecular complexity index is 1180. The molecule has 1 N–H and O–H groups in total. The van der Waals surface area contributed by atoms with Crippen LogP contribution in [0.25, 0.3) is 11.3 Å². The topological polar surface area (TPSA) is 95.7 Å². The number of aromatic nitrogens is 3. The molecule has 2 saturated heterocycles. The van der Waals surface area contributed by atoms with Gasteiger partial charge in [0.15, 0.2) is 17.8 Å². The molecule has 2 aliphatic rings. The second kappa shape index (κ2) is 8.27. The summed E-state index contributed by atoms with van der Waals surface area (Å²) < 4.78 is 32.2. The second-order valence-corrected chi connectivity index (χ2v) is 8.88. The van der Waals surface area contributed by atoms with E-state index in [2.05, 4.69) is 10.3 Å². The van der Waals surface area contributed by atoms with Crippen LogP contribution in [0.2, 0.25) is 5.02 Å². The minimum Gasteiger partial charge on any atom is -0.387 e. The van der Waals surface area contributed by atoms with Crippen molar-refractivity contribution >= 4 is 17.4 Å². The lowest BCUT2D eigenvalue weighted by Crippen LogP contribution is -2.36. The quantitative estimate of drug-likeness (QED) is 0.568. The molecule has 0 bridgehead atoms. The standard InChI is InChI=1S/C23H21ClFN3O5/c1-23(2)32-21-20(30)16(31-22(21)33-23)11-28-18(12-3-7-14(24)8-4-12)17(26-27-28)19(29)13-5-9-15(25)10-6-13/h3-10,16,20-22,30H,11H2,1-2H3/t16-,20+,21-,22-/m1/s1. The van der Waals surface area contributed by atoms with Crippen LogP contribution in [-0.4, -0.2) is 56.3 Å². The molecular formula is C23H21ClFN3O5. The van der Waals surface area contributed by atoms with Crippen molar-refractivity contribution in [3.8, 4) is 11.3 Å². The Kier molecular flexibility index (Phi) is 5.54. The first-order chi connectivity index (χ1) is 15.7. The van der Waals surface area contributed by atoms with Crippen LogP contribution in [0.3, 0.4) is 0 Å². The van der Waals surface area contributed by atoms with Crippen molar-refractivity contribution in [2.75, 3.05) is 0 Å². The molecular weight excluding hydrogens is 453 g/mol. The number of benzene rings is 2. The van der Waals surface area contributed by atoms with Crippen LogP contribution in [0.15, 0.2) is 48.5 Å². The van der Waals surface area contributed by atoms with Gasteiger partial charge in [-0.2, -0.15) is 0 Å². The number of aliphatic hydroxyl groups excluding tert-OH is 1. The van der Waals surface area contributed by atoms with Gasteiger partial charge in [0.25, 0.3) is 0 Å². The minimum absolute atomic E-state index is 0.0882. The van der Waals surface area contributed by atoms with E-state index in [1.807, 2.05) is 0 Å². The Balaban J connectivity index is 1.48. The number of carbonyl (C=O) groups is 1. The fourth-order valence-corrected chi connectivity index (χ4v) is 4.23. The Morgan fingerprint density at radius 1 is 1.15 bits per heavy atom. The number of nitrogens with zero attached hydrogens (tertiary/aromatic N) is 3. The van der Waals surface area contributed by atoms with Gasteiger partial charge in [-0.15, -0.1) is 5.10 Å². The van der Waals surface area contributed by atoms with Crippen molar-refractivity contribution in [3.63, 3.8) is 0 Å². The monoisotopic (exact) mass is 473 g/mol. The summed E-state index contributed by atoms with van der Waals surface area (Å²) in [6, 6.07) is 12.1. The van der Waals surface area contributed by atoms with Crippen molar-refractivity contribution in [1.29, 1.82) is 0 Å². The van der Waals surface area contributed by atoms with Gasteiger partial charge in [0.1, 0.15) is 29.8 Å². The van der Waals surface area contributed by atoms with Gasteiger partial charge in [-0.25, -0.2) is 9.07 Å². The average molecular weight is 474 g/mol. The summed E-state index contributed by atoms with van der Waals surface area (Å²) in [6.45, 7) is 3.60. The van der Waals surface area contributed by atoms with Crippen LogP contribution in [0.5, 0.6) is 0 Å². The molecule has 2 aromatic carbocycles. The van der Waals surface area contributed by atoms with E-state index in [1.54, 1.807) is 38.1 Å². The molecule has 8 nitrogen and oxygen atoms in total. The molecule has 0 saturated carbocycles. The van der Waals surface area contributed by atoms with E-state index in [0.29, 0.717) is 16.3 Å². The second-order valence-electron chi connectivity index (χ2n) is 8.45. The Hall–Kier alpha value is -2.69. The zero-order valence-electron chi connectivity index (χ0n) is 17.8. The van der Waals surface area contributed by atoms with Crippen molar-refractivity contribution < 1.29 is 28.5 Å². The van der Waals surface area contributed by atoms with Crippen molar-refractivity contribution in [2.45, 2.75) is 50.8 Å². The first-order valence-corrected chi connectivity index (χ1v) is 10.8. The molecule has 172 valence electrons.